The molecule has 1 saturated heterocycles. The maximum Gasteiger partial charge on any atom is 0.270 e. The zero-order valence-corrected chi connectivity index (χ0v) is 20.4. The van der Waals surface area contributed by atoms with Crippen molar-refractivity contribution >= 4 is 33.4 Å². The van der Waals surface area contributed by atoms with Crippen molar-refractivity contribution in [2.24, 2.45) is 0 Å². The highest BCUT2D eigenvalue weighted by Crippen LogP contribution is 2.32. The second kappa shape index (κ2) is 9.47. The molecule has 3 heterocycles. The summed E-state index contributed by atoms with van der Waals surface area (Å²) in [6, 6.07) is 24.3. The van der Waals surface area contributed by atoms with Gasteiger partial charge in [0, 0.05) is 31.1 Å². The summed E-state index contributed by atoms with van der Waals surface area (Å²) in [6.07, 6.45) is 0.396. The molecule has 2 amide bonds. The summed E-state index contributed by atoms with van der Waals surface area (Å²) < 4.78 is 2.18. The van der Waals surface area contributed by atoms with E-state index in [0.29, 0.717) is 26.1 Å². The summed E-state index contributed by atoms with van der Waals surface area (Å²) in [5.74, 6) is 0.153. The van der Waals surface area contributed by atoms with Crippen LogP contribution in [-0.4, -0.2) is 51.9 Å². The van der Waals surface area contributed by atoms with Crippen molar-refractivity contribution in [1.29, 1.82) is 0 Å². The fraction of sp³-hybridized carbons (Fsp3) is 0.286. The highest BCUT2D eigenvalue weighted by molar-refractivity contribution is 7.16. The molecule has 6 heteroatoms. The Labute approximate surface area is 204 Å². The molecule has 5 nitrogen and oxygen atoms in total. The topological polar surface area (TPSA) is 45.6 Å². The highest BCUT2D eigenvalue weighted by Gasteiger charge is 2.32. The lowest BCUT2D eigenvalue weighted by atomic mass is 10.1. The number of amides is 2. The van der Waals surface area contributed by atoms with Gasteiger partial charge in [-0.05, 0) is 42.5 Å². The van der Waals surface area contributed by atoms with Gasteiger partial charge in [-0.25, -0.2) is 0 Å². The Kier molecular flexibility index (Phi) is 6.24. The molecule has 5 rings (SSSR count). The van der Waals surface area contributed by atoms with E-state index in [9.17, 15) is 9.59 Å². The van der Waals surface area contributed by atoms with E-state index in [4.69, 9.17) is 0 Å². The number of hydrogen-bond donors (Lipinski definition) is 0. The molecule has 0 radical (unpaired) electrons. The zero-order chi connectivity index (χ0) is 23.7. The smallest absolute Gasteiger partial charge is 0.270 e. The minimum Gasteiger partial charge on any atom is -0.336 e. The highest BCUT2D eigenvalue weighted by atomic mass is 32.1. The van der Waals surface area contributed by atoms with Crippen molar-refractivity contribution in [3.63, 3.8) is 0 Å². The van der Waals surface area contributed by atoms with Crippen molar-refractivity contribution in [2.75, 3.05) is 19.6 Å². The van der Waals surface area contributed by atoms with Gasteiger partial charge >= 0.3 is 0 Å². The second-order valence-corrected chi connectivity index (χ2v) is 9.91. The van der Waals surface area contributed by atoms with E-state index in [0.717, 1.165) is 21.5 Å². The third-order valence-corrected chi connectivity index (χ3v) is 7.69. The van der Waals surface area contributed by atoms with Gasteiger partial charge in [-0.1, -0.05) is 60.7 Å². The SMILES string of the molecule is C[C@@H]1CN(C(=O)c2cc3ccsc3n2[C@H](C)c2ccccc2)CCN1C(=O)Cc1ccccc1. The number of rotatable bonds is 5. The van der Waals surface area contributed by atoms with Crippen LogP contribution in [0.3, 0.4) is 0 Å². The summed E-state index contributed by atoms with van der Waals surface area (Å²) in [4.78, 5) is 31.6. The number of fused-ring (bicyclic) bond motifs is 1. The maximum absolute atomic E-state index is 13.7. The first-order valence-corrected chi connectivity index (χ1v) is 12.7. The van der Waals surface area contributed by atoms with Gasteiger partial charge in [-0.15, -0.1) is 11.3 Å². The van der Waals surface area contributed by atoms with E-state index in [1.165, 1.54) is 5.56 Å². The van der Waals surface area contributed by atoms with Crippen LogP contribution < -0.4 is 0 Å². The molecule has 0 saturated carbocycles. The molecule has 2 atom stereocenters. The van der Waals surface area contributed by atoms with Gasteiger partial charge in [0.05, 0.1) is 12.5 Å². The van der Waals surface area contributed by atoms with E-state index in [-0.39, 0.29) is 23.9 Å². The molecule has 1 aliphatic heterocycles. The molecular weight excluding hydrogens is 442 g/mol. The van der Waals surface area contributed by atoms with Crippen LogP contribution in [0.25, 0.3) is 10.2 Å². The van der Waals surface area contributed by atoms with E-state index < -0.39 is 0 Å². The van der Waals surface area contributed by atoms with Crippen LogP contribution in [0, 0.1) is 0 Å². The third kappa shape index (κ3) is 4.26. The standard InChI is InChI=1S/C28H29N3O2S/c1-20-19-29(14-15-30(20)26(32)17-22-9-5-3-6-10-22)27(33)25-18-24-13-16-34-28(24)31(25)21(2)23-11-7-4-8-12-23/h3-13,16,18,20-21H,14-15,17,19H2,1-2H3/t20-,21-/m1/s1. The van der Waals surface area contributed by atoms with Gasteiger partial charge in [0.25, 0.3) is 5.91 Å². The minimum atomic E-state index is -0.0232. The maximum atomic E-state index is 13.7. The molecule has 0 unspecified atom stereocenters. The molecule has 0 N–H and O–H groups in total. The van der Waals surface area contributed by atoms with Gasteiger partial charge in [0.15, 0.2) is 0 Å². The van der Waals surface area contributed by atoms with E-state index in [1.807, 2.05) is 71.3 Å². The summed E-state index contributed by atoms with van der Waals surface area (Å²) in [7, 11) is 0. The number of aromatic nitrogens is 1. The Morgan fingerprint density at radius 3 is 2.41 bits per heavy atom. The largest absolute Gasteiger partial charge is 0.336 e. The summed E-state index contributed by atoms with van der Waals surface area (Å²) in [5.41, 5.74) is 2.91. The van der Waals surface area contributed by atoms with Crippen LogP contribution in [0.4, 0.5) is 0 Å². The number of benzene rings is 2. The van der Waals surface area contributed by atoms with Crippen molar-refractivity contribution in [3.8, 4) is 0 Å². The summed E-state index contributed by atoms with van der Waals surface area (Å²) in [5, 5.41) is 3.17. The quantitative estimate of drug-likeness (QED) is 0.400. The number of nitrogens with zero attached hydrogens (tertiary/aromatic N) is 3. The lowest BCUT2D eigenvalue weighted by molar-refractivity contribution is -0.134. The van der Waals surface area contributed by atoms with Crippen LogP contribution in [0.1, 0.15) is 41.5 Å². The zero-order valence-electron chi connectivity index (χ0n) is 19.6. The Morgan fingerprint density at radius 1 is 1.00 bits per heavy atom. The lowest BCUT2D eigenvalue weighted by Gasteiger charge is -2.40. The van der Waals surface area contributed by atoms with E-state index >= 15 is 0 Å². The van der Waals surface area contributed by atoms with Gasteiger partial charge in [-0.3, -0.25) is 9.59 Å². The predicted octanol–water partition coefficient (Wildman–Crippen LogP) is 5.23. The van der Waals surface area contributed by atoms with Gasteiger partial charge in [-0.2, -0.15) is 0 Å². The average Bonchev–Trinajstić information content (AvgIpc) is 3.45. The van der Waals surface area contributed by atoms with E-state index in [2.05, 4.69) is 35.1 Å². The summed E-state index contributed by atoms with van der Waals surface area (Å²) in [6.45, 7) is 5.82. The number of thiophene rings is 1. The lowest BCUT2D eigenvalue weighted by Crippen LogP contribution is -2.56. The van der Waals surface area contributed by atoms with Crippen molar-refractivity contribution < 1.29 is 9.59 Å². The summed E-state index contributed by atoms with van der Waals surface area (Å²) >= 11 is 1.67. The third-order valence-electron chi connectivity index (χ3n) is 6.77. The van der Waals surface area contributed by atoms with Crippen molar-refractivity contribution in [1.82, 2.24) is 14.4 Å². The van der Waals surface area contributed by atoms with Crippen LogP contribution in [0.2, 0.25) is 0 Å². The van der Waals surface area contributed by atoms with E-state index in [1.54, 1.807) is 11.3 Å². The first-order chi connectivity index (χ1) is 16.5. The Balaban J connectivity index is 1.35. The number of piperazine rings is 1. The van der Waals surface area contributed by atoms with Crippen molar-refractivity contribution in [3.05, 3.63) is 95.0 Å². The van der Waals surface area contributed by atoms with Gasteiger partial charge < -0.3 is 14.4 Å². The molecule has 0 spiro atoms. The Morgan fingerprint density at radius 2 is 1.71 bits per heavy atom. The monoisotopic (exact) mass is 471 g/mol. The first kappa shape index (κ1) is 22.4. The van der Waals surface area contributed by atoms with Crippen molar-refractivity contribution in [2.45, 2.75) is 32.4 Å². The average molecular weight is 472 g/mol. The Bertz CT molecular complexity index is 1300. The predicted molar refractivity (Wildman–Crippen MR) is 137 cm³/mol. The minimum absolute atomic E-state index is 0.0232. The molecule has 2 aromatic heterocycles. The first-order valence-electron chi connectivity index (χ1n) is 11.8. The molecule has 174 valence electrons. The number of carbonyl (C=O) groups excluding carboxylic acids is 2. The molecule has 0 aliphatic carbocycles. The molecule has 0 bridgehead atoms. The normalized spacial score (nSPS) is 17.2. The molecule has 34 heavy (non-hydrogen) atoms. The second-order valence-electron chi connectivity index (χ2n) is 9.02. The molecule has 1 aliphatic rings. The molecule has 1 fully saturated rings. The molecule has 2 aromatic carbocycles. The molecular formula is C28H29N3O2S. The number of carbonyl (C=O) groups is 2. The Hall–Kier alpha value is -3.38. The van der Waals surface area contributed by atoms with Gasteiger partial charge in [0.1, 0.15) is 10.5 Å². The van der Waals surface area contributed by atoms with Crippen LogP contribution in [0.15, 0.2) is 78.2 Å². The molecule has 4 aromatic rings. The van der Waals surface area contributed by atoms with Gasteiger partial charge in [0.2, 0.25) is 5.91 Å². The fourth-order valence-electron chi connectivity index (χ4n) is 4.92. The van der Waals surface area contributed by atoms with Crippen LogP contribution >= 0.6 is 11.3 Å². The van der Waals surface area contributed by atoms with Crippen LogP contribution in [0.5, 0.6) is 0 Å². The fourth-order valence-corrected chi connectivity index (χ4v) is 5.90. The number of hydrogen-bond acceptors (Lipinski definition) is 3. The van der Waals surface area contributed by atoms with Crippen LogP contribution in [-0.2, 0) is 11.2 Å².